The number of hydrogen-bond acceptors (Lipinski definition) is 3. The summed E-state index contributed by atoms with van der Waals surface area (Å²) in [7, 11) is 0. The van der Waals surface area contributed by atoms with Crippen LogP contribution in [0, 0.1) is 5.92 Å². The van der Waals surface area contributed by atoms with Crippen molar-refractivity contribution in [3.05, 3.63) is 65.7 Å². The van der Waals surface area contributed by atoms with Crippen molar-refractivity contribution in [3.8, 4) is 5.75 Å². The summed E-state index contributed by atoms with van der Waals surface area (Å²) in [5, 5.41) is 6.52. The molecule has 1 amide bonds. The Labute approximate surface area is 161 Å². The first-order valence-corrected chi connectivity index (χ1v) is 9.01. The molecule has 0 spiro atoms. The highest BCUT2D eigenvalue weighted by atomic mass is 35.5. The number of hydrogen-bond donors (Lipinski definition) is 2. The zero-order valence-electron chi connectivity index (χ0n) is 15.1. The van der Waals surface area contributed by atoms with Crippen LogP contribution in [0.4, 0.5) is 0 Å². The maximum atomic E-state index is 12.4. The van der Waals surface area contributed by atoms with E-state index >= 15 is 0 Å². The molecule has 1 aliphatic heterocycles. The predicted octanol–water partition coefficient (Wildman–Crippen LogP) is 3.81. The molecule has 2 N–H and O–H groups in total. The van der Waals surface area contributed by atoms with Gasteiger partial charge in [-0.2, -0.15) is 0 Å². The number of amides is 1. The molecule has 4 nitrogen and oxygen atoms in total. The lowest BCUT2D eigenvalue weighted by atomic mass is 9.92. The molecule has 0 aliphatic carbocycles. The monoisotopic (exact) mass is 374 g/mol. The average Bonchev–Trinajstić information content (AvgIpc) is 2.68. The highest BCUT2D eigenvalue weighted by Gasteiger charge is 2.21. The van der Waals surface area contributed by atoms with Crippen LogP contribution >= 0.6 is 12.4 Å². The molecule has 1 fully saturated rings. The highest BCUT2D eigenvalue weighted by Crippen LogP contribution is 2.17. The van der Waals surface area contributed by atoms with E-state index in [1.54, 1.807) is 0 Å². The van der Waals surface area contributed by atoms with Gasteiger partial charge in [-0.15, -0.1) is 12.4 Å². The second kappa shape index (κ2) is 10.2. The lowest BCUT2D eigenvalue weighted by Gasteiger charge is -2.28. The van der Waals surface area contributed by atoms with E-state index in [2.05, 4.69) is 17.6 Å². The van der Waals surface area contributed by atoms with Crippen LogP contribution < -0.4 is 15.4 Å². The molecule has 0 radical (unpaired) electrons. The van der Waals surface area contributed by atoms with Crippen LogP contribution in [0.3, 0.4) is 0 Å². The van der Waals surface area contributed by atoms with Crippen molar-refractivity contribution >= 4 is 18.3 Å². The number of rotatable bonds is 6. The van der Waals surface area contributed by atoms with E-state index in [4.69, 9.17) is 4.74 Å². The first kappa shape index (κ1) is 20.3. The summed E-state index contributed by atoms with van der Waals surface area (Å²) in [5.41, 5.74) is 1.79. The Hall–Kier alpha value is -2.04. The standard InChI is InChI=1S/C21H26N2O2.ClH/c1-16(19-8-5-13-22-14-19)23-21(24)18-9-11-20(12-10-18)25-15-17-6-3-2-4-7-17;/h2-4,6-7,9-12,16,19,22H,5,8,13-15H2,1H3,(H,23,24);1H. The summed E-state index contributed by atoms with van der Waals surface area (Å²) in [6.45, 7) is 4.68. The number of carbonyl (C=O) groups excluding carboxylic acids is 1. The Kier molecular flexibility index (Phi) is 7.95. The maximum absolute atomic E-state index is 12.4. The Morgan fingerprint density at radius 2 is 1.92 bits per heavy atom. The lowest BCUT2D eigenvalue weighted by molar-refractivity contribution is 0.0922. The smallest absolute Gasteiger partial charge is 0.251 e. The van der Waals surface area contributed by atoms with Gasteiger partial charge in [-0.25, -0.2) is 0 Å². The van der Waals surface area contributed by atoms with E-state index < -0.39 is 0 Å². The van der Waals surface area contributed by atoms with Crippen LogP contribution in [0.5, 0.6) is 5.75 Å². The van der Waals surface area contributed by atoms with Crippen molar-refractivity contribution in [2.45, 2.75) is 32.4 Å². The van der Waals surface area contributed by atoms with Gasteiger partial charge in [0.1, 0.15) is 12.4 Å². The van der Waals surface area contributed by atoms with Crippen molar-refractivity contribution in [2.75, 3.05) is 13.1 Å². The lowest BCUT2D eigenvalue weighted by Crippen LogP contribution is -2.44. The minimum absolute atomic E-state index is 0. The third-order valence-electron chi connectivity index (χ3n) is 4.77. The summed E-state index contributed by atoms with van der Waals surface area (Å²) < 4.78 is 5.76. The summed E-state index contributed by atoms with van der Waals surface area (Å²) in [5.74, 6) is 1.25. The van der Waals surface area contributed by atoms with E-state index in [-0.39, 0.29) is 24.4 Å². The Morgan fingerprint density at radius 1 is 1.19 bits per heavy atom. The zero-order valence-corrected chi connectivity index (χ0v) is 15.9. The first-order valence-electron chi connectivity index (χ1n) is 9.01. The van der Waals surface area contributed by atoms with Crippen molar-refractivity contribution in [2.24, 2.45) is 5.92 Å². The van der Waals surface area contributed by atoms with Gasteiger partial charge in [-0.05, 0) is 68.6 Å². The fourth-order valence-corrected chi connectivity index (χ4v) is 3.16. The molecule has 3 rings (SSSR count). The third kappa shape index (κ3) is 5.75. The minimum Gasteiger partial charge on any atom is -0.489 e. The molecule has 26 heavy (non-hydrogen) atoms. The molecule has 2 aromatic rings. The largest absolute Gasteiger partial charge is 0.489 e. The van der Waals surface area contributed by atoms with Crippen LogP contribution in [0.2, 0.25) is 0 Å². The number of benzene rings is 2. The van der Waals surface area contributed by atoms with E-state index in [0.717, 1.165) is 24.4 Å². The molecule has 1 aliphatic rings. The van der Waals surface area contributed by atoms with Gasteiger partial charge in [0.15, 0.2) is 0 Å². The molecule has 0 aromatic heterocycles. The Balaban J connectivity index is 0.00000243. The number of ether oxygens (including phenoxy) is 1. The molecule has 140 valence electrons. The van der Waals surface area contributed by atoms with Gasteiger partial charge < -0.3 is 15.4 Å². The summed E-state index contributed by atoms with van der Waals surface area (Å²) >= 11 is 0. The molecule has 2 aromatic carbocycles. The van der Waals surface area contributed by atoms with Crippen molar-refractivity contribution in [3.63, 3.8) is 0 Å². The molecule has 0 bridgehead atoms. The molecule has 5 heteroatoms. The van der Waals surface area contributed by atoms with Gasteiger partial charge in [0, 0.05) is 11.6 Å². The molecule has 1 heterocycles. The molecular formula is C21H27ClN2O2. The highest BCUT2D eigenvalue weighted by molar-refractivity contribution is 5.94. The number of piperidine rings is 1. The van der Waals surface area contributed by atoms with E-state index in [9.17, 15) is 4.79 Å². The van der Waals surface area contributed by atoms with Crippen LogP contribution in [0.25, 0.3) is 0 Å². The maximum Gasteiger partial charge on any atom is 0.251 e. The number of halogens is 1. The molecule has 0 saturated carbocycles. The third-order valence-corrected chi connectivity index (χ3v) is 4.77. The van der Waals surface area contributed by atoms with Gasteiger partial charge in [0.2, 0.25) is 0 Å². The van der Waals surface area contributed by atoms with Crippen LogP contribution in [-0.2, 0) is 6.61 Å². The second-order valence-electron chi connectivity index (χ2n) is 6.67. The average molecular weight is 375 g/mol. The molecule has 1 saturated heterocycles. The molecular weight excluding hydrogens is 348 g/mol. The normalized spacial score (nSPS) is 17.7. The van der Waals surface area contributed by atoms with Gasteiger partial charge in [0.05, 0.1) is 0 Å². The number of nitrogens with one attached hydrogen (secondary N) is 2. The number of carbonyl (C=O) groups is 1. The topological polar surface area (TPSA) is 50.4 Å². The van der Waals surface area contributed by atoms with Crippen LogP contribution in [0.1, 0.15) is 35.7 Å². The summed E-state index contributed by atoms with van der Waals surface area (Å²) in [6.07, 6.45) is 2.35. The quantitative estimate of drug-likeness (QED) is 0.808. The van der Waals surface area contributed by atoms with Gasteiger partial charge in [-0.1, -0.05) is 30.3 Å². The van der Waals surface area contributed by atoms with Crippen LogP contribution in [0.15, 0.2) is 54.6 Å². The Morgan fingerprint density at radius 3 is 2.58 bits per heavy atom. The van der Waals surface area contributed by atoms with E-state index in [1.165, 1.54) is 12.8 Å². The summed E-state index contributed by atoms with van der Waals surface area (Å²) in [4.78, 5) is 12.4. The van der Waals surface area contributed by atoms with Gasteiger partial charge >= 0.3 is 0 Å². The fourth-order valence-electron chi connectivity index (χ4n) is 3.16. The predicted molar refractivity (Wildman–Crippen MR) is 107 cm³/mol. The second-order valence-corrected chi connectivity index (χ2v) is 6.67. The first-order chi connectivity index (χ1) is 12.2. The summed E-state index contributed by atoms with van der Waals surface area (Å²) in [6, 6.07) is 17.6. The van der Waals surface area contributed by atoms with Crippen molar-refractivity contribution < 1.29 is 9.53 Å². The van der Waals surface area contributed by atoms with E-state index in [0.29, 0.717) is 18.1 Å². The van der Waals surface area contributed by atoms with Crippen molar-refractivity contribution in [1.82, 2.24) is 10.6 Å². The SMILES string of the molecule is CC(NC(=O)c1ccc(OCc2ccccc2)cc1)C1CCCNC1.Cl. The molecule has 2 atom stereocenters. The molecule has 2 unspecified atom stereocenters. The van der Waals surface area contributed by atoms with E-state index in [1.807, 2.05) is 54.6 Å². The van der Waals surface area contributed by atoms with Gasteiger partial charge in [-0.3, -0.25) is 4.79 Å². The van der Waals surface area contributed by atoms with Crippen molar-refractivity contribution in [1.29, 1.82) is 0 Å². The van der Waals surface area contributed by atoms with Gasteiger partial charge in [0.25, 0.3) is 5.91 Å². The zero-order chi connectivity index (χ0) is 17.5. The fraction of sp³-hybridized carbons (Fsp3) is 0.381. The minimum atomic E-state index is -0.0207. The van der Waals surface area contributed by atoms with Crippen LogP contribution in [-0.4, -0.2) is 25.0 Å². The Bertz CT molecular complexity index is 670.